The highest BCUT2D eigenvalue weighted by Crippen LogP contribution is 2.42. The highest BCUT2D eigenvalue weighted by atomic mass is 16.2. The van der Waals surface area contributed by atoms with E-state index in [4.69, 9.17) is 0 Å². The number of hydrogen-bond acceptors (Lipinski definition) is 3. The first-order chi connectivity index (χ1) is 15.6. The van der Waals surface area contributed by atoms with Gasteiger partial charge in [0.05, 0.1) is 6.04 Å². The van der Waals surface area contributed by atoms with Gasteiger partial charge >= 0.3 is 0 Å². The minimum Gasteiger partial charge on any atom is -0.358 e. The first-order valence-electron chi connectivity index (χ1n) is 11.6. The number of rotatable bonds is 7. The van der Waals surface area contributed by atoms with Crippen molar-refractivity contribution < 1.29 is 9.59 Å². The number of nitrogens with zero attached hydrogens (tertiary/aromatic N) is 2. The van der Waals surface area contributed by atoms with E-state index >= 15 is 0 Å². The quantitative estimate of drug-likeness (QED) is 0.602. The Bertz CT molecular complexity index is 1150. The van der Waals surface area contributed by atoms with E-state index in [-0.39, 0.29) is 17.9 Å². The topological polar surface area (TPSA) is 68.4 Å². The number of aryl methyl sites for hydroxylation is 1. The average molecular weight is 431 g/mol. The van der Waals surface area contributed by atoms with E-state index in [1.54, 1.807) is 0 Å². The fourth-order valence-electron chi connectivity index (χ4n) is 5.23. The number of fused-ring (bicyclic) bond motifs is 2. The molecule has 1 unspecified atom stereocenters. The summed E-state index contributed by atoms with van der Waals surface area (Å²) in [5.74, 6) is 0.00231. The Morgan fingerprint density at radius 3 is 2.66 bits per heavy atom. The Hall–Kier alpha value is -3.12. The summed E-state index contributed by atoms with van der Waals surface area (Å²) >= 11 is 0. The molecule has 32 heavy (non-hydrogen) atoms. The van der Waals surface area contributed by atoms with Crippen molar-refractivity contribution in [2.75, 3.05) is 32.7 Å². The van der Waals surface area contributed by atoms with Crippen LogP contribution in [-0.2, 0) is 4.79 Å². The second kappa shape index (κ2) is 8.79. The summed E-state index contributed by atoms with van der Waals surface area (Å²) in [5, 5.41) is 4.16. The lowest BCUT2D eigenvalue weighted by molar-refractivity contribution is -0.121. The zero-order chi connectivity index (χ0) is 22.1. The van der Waals surface area contributed by atoms with E-state index in [0.717, 1.165) is 52.9 Å². The van der Waals surface area contributed by atoms with Crippen LogP contribution in [0.2, 0.25) is 0 Å². The van der Waals surface area contributed by atoms with Gasteiger partial charge in [0.15, 0.2) is 0 Å². The minimum absolute atomic E-state index is 0.000137. The molecule has 2 aliphatic rings. The van der Waals surface area contributed by atoms with Gasteiger partial charge in [-0.05, 0) is 50.6 Å². The number of H-pyrrole nitrogens is 1. The number of aromatic amines is 1. The van der Waals surface area contributed by atoms with Gasteiger partial charge in [0, 0.05) is 53.8 Å². The third kappa shape index (κ3) is 3.79. The summed E-state index contributed by atoms with van der Waals surface area (Å²) in [5.41, 5.74) is 4.99. The van der Waals surface area contributed by atoms with E-state index in [1.165, 1.54) is 12.8 Å². The number of hydrogen-bond donors (Lipinski definition) is 2. The molecular weight excluding hydrogens is 400 g/mol. The second-order valence-electron chi connectivity index (χ2n) is 8.85. The first kappa shape index (κ1) is 20.8. The van der Waals surface area contributed by atoms with Crippen LogP contribution in [0.4, 0.5) is 0 Å². The average Bonchev–Trinajstić information content (AvgIpc) is 3.49. The summed E-state index contributed by atoms with van der Waals surface area (Å²) in [7, 11) is 0. The molecule has 6 heteroatoms. The molecule has 0 spiro atoms. The molecule has 1 atom stereocenters. The van der Waals surface area contributed by atoms with Gasteiger partial charge in [0.2, 0.25) is 5.91 Å². The smallest absolute Gasteiger partial charge is 0.255 e. The molecule has 166 valence electrons. The highest BCUT2D eigenvalue weighted by Gasteiger charge is 2.39. The highest BCUT2D eigenvalue weighted by molar-refractivity contribution is 6.01. The van der Waals surface area contributed by atoms with Crippen LogP contribution in [0.1, 0.15) is 52.5 Å². The molecule has 0 aliphatic carbocycles. The maximum absolute atomic E-state index is 13.3. The zero-order valence-corrected chi connectivity index (χ0v) is 18.6. The Labute approximate surface area is 188 Å². The van der Waals surface area contributed by atoms with Gasteiger partial charge in [-0.25, -0.2) is 0 Å². The van der Waals surface area contributed by atoms with Gasteiger partial charge in [0.25, 0.3) is 5.91 Å². The number of nitrogens with one attached hydrogen (secondary N) is 2. The summed E-state index contributed by atoms with van der Waals surface area (Å²) in [6.45, 7) is 6.27. The van der Waals surface area contributed by atoms with E-state index < -0.39 is 0 Å². The van der Waals surface area contributed by atoms with Crippen LogP contribution in [-0.4, -0.2) is 59.3 Å². The molecule has 6 nitrogen and oxygen atoms in total. The molecule has 1 saturated heterocycles. The van der Waals surface area contributed by atoms with Crippen molar-refractivity contribution in [3.8, 4) is 0 Å². The lowest BCUT2D eigenvalue weighted by Crippen LogP contribution is -2.36. The monoisotopic (exact) mass is 430 g/mol. The molecule has 3 heterocycles. The summed E-state index contributed by atoms with van der Waals surface area (Å²) in [6, 6.07) is 15.8. The molecular formula is C26H30N4O2. The van der Waals surface area contributed by atoms with Crippen molar-refractivity contribution in [1.82, 2.24) is 20.1 Å². The van der Waals surface area contributed by atoms with Crippen LogP contribution in [0.15, 0.2) is 48.5 Å². The van der Waals surface area contributed by atoms with E-state index in [9.17, 15) is 9.59 Å². The third-order valence-electron chi connectivity index (χ3n) is 6.80. The number of amides is 2. The lowest BCUT2D eigenvalue weighted by Gasteiger charge is -2.26. The molecule has 1 aromatic heterocycles. The number of carbonyl (C=O) groups is 2. The molecule has 3 aromatic rings. The second-order valence-corrected chi connectivity index (χ2v) is 8.85. The fraction of sp³-hybridized carbons (Fsp3) is 0.385. The molecule has 2 N–H and O–H groups in total. The van der Waals surface area contributed by atoms with Crippen LogP contribution in [0.5, 0.6) is 0 Å². The first-order valence-corrected chi connectivity index (χ1v) is 11.6. The van der Waals surface area contributed by atoms with Gasteiger partial charge in [-0.2, -0.15) is 0 Å². The summed E-state index contributed by atoms with van der Waals surface area (Å²) in [4.78, 5) is 33.6. The fourth-order valence-corrected chi connectivity index (χ4v) is 5.23. The van der Waals surface area contributed by atoms with Gasteiger partial charge in [0.1, 0.15) is 0 Å². The Balaban J connectivity index is 1.35. The SMILES string of the molecule is Cc1[nH]c2ccccc2c1C1c2ccccc2C(=O)N1CCC(=O)NCCN1CCCC1. The number of likely N-dealkylation sites (tertiary alicyclic amines) is 1. The van der Waals surface area contributed by atoms with Gasteiger partial charge in [-0.15, -0.1) is 0 Å². The van der Waals surface area contributed by atoms with Gasteiger partial charge in [-0.1, -0.05) is 36.4 Å². The largest absolute Gasteiger partial charge is 0.358 e. The molecule has 2 amide bonds. The van der Waals surface area contributed by atoms with Crippen LogP contribution in [0, 0.1) is 6.92 Å². The van der Waals surface area contributed by atoms with Crippen molar-refractivity contribution in [3.63, 3.8) is 0 Å². The maximum Gasteiger partial charge on any atom is 0.255 e. The summed E-state index contributed by atoms with van der Waals surface area (Å²) < 4.78 is 0. The predicted molar refractivity (Wildman–Crippen MR) is 126 cm³/mol. The Kier molecular flexibility index (Phi) is 5.70. The van der Waals surface area contributed by atoms with Gasteiger partial charge in [-0.3, -0.25) is 9.59 Å². The number of carbonyl (C=O) groups excluding carboxylic acids is 2. The Morgan fingerprint density at radius 2 is 1.81 bits per heavy atom. The molecule has 0 saturated carbocycles. The van der Waals surface area contributed by atoms with Crippen LogP contribution in [0.25, 0.3) is 10.9 Å². The van der Waals surface area contributed by atoms with Crippen LogP contribution < -0.4 is 5.32 Å². The molecule has 1 fully saturated rings. The van der Waals surface area contributed by atoms with E-state index in [2.05, 4.69) is 34.3 Å². The van der Waals surface area contributed by atoms with Crippen molar-refractivity contribution in [1.29, 1.82) is 0 Å². The van der Waals surface area contributed by atoms with Crippen molar-refractivity contribution in [2.24, 2.45) is 0 Å². The molecule has 2 aliphatic heterocycles. The third-order valence-corrected chi connectivity index (χ3v) is 6.80. The van der Waals surface area contributed by atoms with Crippen molar-refractivity contribution in [3.05, 3.63) is 70.9 Å². The maximum atomic E-state index is 13.3. The van der Waals surface area contributed by atoms with Gasteiger partial charge < -0.3 is 20.1 Å². The minimum atomic E-state index is -0.188. The predicted octanol–water partition coefficient (Wildman–Crippen LogP) is 3.62. The summed E-state index contributed by atoms with van der Waals surface area (Å²) in [6.07, 6.45) is 2.80. The van der Waals surface area contributed by atoms with E-state index in [0.29, 0.717) is 19.5 Å². The lowest BCUT2D eigenvalue weighted by atomic mass is 9.95. The van der Waals surface area contributed by atoms with E-state index in [1.807, 2.05) is 41.3 Å². The standard InChI is InChI=1S/C26H30N4O2/c1-18-24(21-10-4-5-11-22(21)28-18)25-19-8-2-3-9-20(19)26(32)30(25)16-12-23(31)27-13-17-29-14-6-7-15-29/h2-5,8-11,25,28H,6-7,12-17H2,1H3,(H,27,31). The number of benzene rings is 2. The Morgan fingerprint density at radius 1 is 1.06 bits per heavy atom. The van der Waals surface area contributed by atoms with Crippen LogP contribution in [0.3, 0.4) is 0 Å². The number of para-hydroxylation sites is 1. The molecule has 0 bridgehead atoms. The number of aromatic nitrogens is 1. The molecule has 0 radical (unpaired) electrons. The van der Waals surface area contributed by atoms with Crippen LogP contribution >= 0.6 is 0 Å². The zero-order valence-electron chi connectivity index (χ0n) is 18.6. The normalized spacial score (nSPS) is 18.5. The van der Waals surface area contributed by atoms with Crippen molar-refractivity contribution in [2.45, 2.75) is 32.2 Å². The van der Waals surface area contributed by atoms with Crippen molar-refractivity contribution >= 4 is 22.7 Å². The molecule has 2 aromatic carbocycles. The molecule has 5 rings (SSSR count).